The summed E-state index contributed by atoms with van der Waals surface area (Å²) in [6, 6.07) is 2.02. The predicted molar refractivity (Wildman–Crippen MR) is 72.5 cm³/mol. The van der Waals surface area contributed by atoms with Crippen LogP contribution in [0.25, 0.3) is 0 Å². The van der Waals surface area contributed by atoms with Gasteiger partial charge in [-0.15, -0.1) is 0 Å². The van der Waals surface area contributed by atoms with Crippen LogP contribution < -0.4 is 4.74 Å². The number of hydrogen-bond acceptors (Lipinski definition) is 3. The fourth-order valence-corrected chi connectivity index (χ4v) is 2.05. The minimum Gasteiger partial charge on any atom is -0.474 e. The smallest absolute Gasteiger partial charge is 0.216 e. The van der Waals surface area contributed by atoms with Gasteiger partial charge in [0.05, 0.1) is 13.2 Å². The highest BCUT2D eigenvalue weighted by Gasteiger charge is 2.16. The summed E-state index contributed by atoms with van der Waals surface area (Å²) in [7, 11) is 0. The van der Waals surface area contributed by atoms with Gasteiger partial charge in [0.25, 0.3) is 0 Å². The Morgan fingerprint density at radius 2 is 2.00 bits per heavy atom. The van der Waals surface area contributed by atoms with E-state index in [0.29, 0.717) is 0 Å². The van der Waals surface area contributed by atoms with Gasteiger partial charge >= 0.3 is 0 Å². The standard InChI is InChI=1S/C11H14BrNO2.C2H6/c1-8-6-9(12)7-13-11(8)15-10-2-4-14-5-3-10;1-2/h6-7,10H,2-5H2,1H3;1-2H3. The number of aromatic nitrogens is 1. The third-order valence-corrected chi connectivity index (χ3v) is 2.88. The molecule has 0 unspecified atom stereocenters. The number of hydrogen-bond donors (Lipinski definition) is 0. The fraction of sp³-hybridized carbons (Fsp3) is 0.615. The first kappa shape index (κ1) is 14.5. The maximum atomic E-state index is 5.83. The zero-order valence-electron chi connectivity index (χ0n) is 10.7. The van der Waals surface area contributed by atoms with Gasteiger partial charge in [0, 0.05) is 29.1 Å². The Balaban J connectivity index is 0.000000686. The summed E-state index contributed by atoms with van der Waals surface area (Å²) in [5.41, 5.74) is 1.07. The average molecular weight is 302 g/mol. The number of aryl methyl sites for hydroxylation is 1. The molecule has 1 fully saturated rings. The van der Waals surface area contributed by atoms with E-state index in [2.05, 4.69) is 20.9 Å². The molecule has 2 rings (SSSR count). The molecule has 1 aliphatic rings. The van der Waals surface area contributed by atoms with Gasteiger partial charge in [0.2, 0.25) is 5.88 Å². The Morgan fingerprint density at radius 1 is 1.35 bits per heavy atom. The molecular weight excluding hydrogens is 282 g/mol. The molecule has 3 nitrogen and oxygen atoms in total. The SMILES string of the molecule is CC.Cc1cc(Br)cnc1OC1CCOCC1. The molecule has 0 atom stereocenters. The highest BCUT2D eigenvalue weighted by molar-refractivity contribution is 9.10. The van der Waals surface area contributed by atoms with E-state index in [1.807, 2.05) is 26.8 Å². The van der Waals surface area contributed by atoms with E-state index >= 15 is 0 Å². The summed E-state index contributed by atoms with van der Waals surface area (Å²) in [6.07, 6.45) is 3.93. The lowest BCUT2D eigenvalue weighted by atomic mass is 10.1. The Morgan fingerprint density at radius 3 is 2.59 bits per heavy atom. The van der Waals surface area contributed by atoms with Gasteiger partial charge in [-0.1, -0.05) is 13.8 Å². The second-order valence-corrected chi connectivity index (χ2v) is 4.62. The van der Waals surface area contributed by atoms with E-state index in [1.54, 1.807) is 6.20 Å². The van der Waals surface area contributed by atoms with Crippen molar-refractivity contribution in [2.45, 2.75) is 39.7 Å². The second-order valence-electron chi connectivity index (χ2n) is 3.71. The van der Waals surface area contributed by atoms with Crippen molar-refractivity contribution < 1.29 is 9.47 Å². The van der Waals surface area contributed by atoms with Crippen LogP contribution in [0.5, 0.6) is 5.88 Å². The highest BCUT2D eigenvalue weighted by Crippen LogP contribution is 2.22. The van der Waals surface area contributed by atoms with E-state index in [4.69, 9.17) is 9.47 Å². The van der Waals surface area contributed by atoms with E-state index < -0.39 is 0 Å². The maximum absolute atomic E-state index is 5.83. The number of nitrogens with zero attached hydrogens (tertiary/aromatic N) is 1. The molecule has 4 heteroatoms. The quantitative estimate of drug-likeness (QED) is 0.834. The van der Waals surface area contributed by atoms with Crippen molar-refractivity contribution in [2.75, 3.05) is 13.2 Å². The van der Waals surface area contributed by atoms with Crippen LogP contribution in [0.4, 0.5) is 0 Å². The molecule has 1 aromatic rings. The van der Waals surface area contributed by atoms with Crippen LogP contribution in [0.1, 0.15) is 32.3 Å². The van der Waals surface area contributed by atoms with Crippen LogP contribution in [0, 0.1) is 6.92 Å². The summed E-state index contributed by atoms with van der Waals surface area (Å²) in [6.45, 7) is 7.59. The van der Waals surface area contributed by atoms with Crippen LogP contribution in [-0.4, -0.2) is 24.3 Å². The van der Waals surface area contributed by atoms with Gasteiger partial charge < -0.3 is 9.47 Å². The third-order valence-electron chi connectivity index (χ3n) is 2.44. The maximum Gasteiger partial charge on any atom is 0.216 e. The summed E-state index contributed by atoms with van der Waals surface area (Å²) in [5.74, 6) is 0.741. The Bertz CT molecular complexity index is 338. The third kappa shape index (κ3) is 4.64. The molecule has 1 saturated heterocycles. The molecule has 0 radical (unpaired) electrons. The molecule has 0 saturated carbocycles. The molecule has 17 heavy (non-hydrogen) atoms. The van der Waals surface area contributed by atoms with Gasteiger partial charge in [0.1, 0.15) is 6.10 Å². The molecule has 0 amide bonds. The van der Waals surface area contributed by atoms with E-state index in [9.17, 15) is 0 Å². The highest BCUT2D eigenvalue weighted by atomic mass is 79.9. The number of ether oxygens (including phenoxy) is 2. The lowest BCUT2D eigenvalue weighted by Crippen LogP contribution is -2.26. The van der Waals surface area contributed by atoms with Crippen molar-refractivity contribution in [1.82, 2.24) is 4.98 Å². The van der Waals surface area contributed by atoms with Crippen LogP contribution in [0.3, 0.4) is 0 Å². The summed E-state index contributed by atoms with van der Waals surface area (Å²) >= 11 is 3.38. The first-order valence-electron chi connectivity index (χ1n) is 6.12. The van der Waals surface area contributed by atoms with Crippen molar-refractivity contribution in [1.29, 1.82) is 0 Å². The molecule has 0 spiro atoms. The molecule has 2 heterocycles. The summed E-state index contributed by atoms with van der Waals surface area (Å²) in [5, 5.41) is 0. The van der Waals surface area contributed by atoms with Crippen LogP contribution in [-0.2, 0) is 4.74 Å². The Labute approximate surface area is 112 Å². The zero-order valence-corrected chi connectivity index (χ0v) is 12.3. The van der Waals surface area contributed by atoms with Crippen molar-refractivity contribution >= 4 is 15.9 Å². The topological polar surface area (TPSA) is 31.4 Å². The average Bonchev–Trinajstić information content (AvgIpc) is 2.37. The van der Waals surface area contributed by atoms with E-state index in [1.165, 1.54) is 0 Å². The van der Waals surface area contributed by atoms with Crippen molar-refractivity contribution in [3.63, 3.8) is 0 Å². The van der Waals surface area contributed by atoms with Gasteiger partial charge in [-0.25, -0.2) is 4.98 Å². The predicted octanol–water partition coefficient (Wildman–Crippen LogP) is 3.74. The number of pyridine rings is 1. The molecule has 0 bridgehead atoms. The lowest BCUT2D eigenvalue weighted by molar-refractivity contribution is 0.0234. The molecule has 1 aromatic heterocycles. The van der Waals surface area contributed by atoms with Crippen molar-refractivity contribution in [3.8, 4) is 5.88 Å². The van der Waals surface area contributed by atoms with E-state index in [-0.39, 0.29) is 6.10 Å². The van der Waals surface area contributed by atoms with Crippen molar-refractivity contribution in [2.24, 2.45) is 0 Å². The number of halogens is 1. The largest absolute Gasteiger partial charge is 0.474 e. The van der Waals surface area contributed by atoms with Crippen LogP contribution >= 0.6 is 15.9 Å². The number of rotatable bonds is 2. The van der Waals surface area contributed by atoms with Crippen molar-refractivity contribution in [3.05, 3.63) is 22.3 Å². The zero-order chi connectivity index (χ0) is 12.7. The van der Waals surface area contributed by atoms with Gasteiger partial charge in [0.15, 0.2) is 0 Å². The molecule has 0 aliphatic carbocycles. The monoisotopic (exact) mass is 301 g/mol. The minimum absolute atomic E-state index is 0.256. The van der Waals surface area contributed by atoms with Gasteiger partial charge in [-0.3, -0.25) is 0 Å². The van der Waals surface area contributed by atoms with Crippen LogP contribution in [0.15, 0.2) is 16.7 Å². The lowest BCUT2D eigenvalue weighted by Gasteiger charge is -2.23. The van der Waals surface area contributed by atoms with Gasteiger partial charge in [-0.2, -0.15) is 0 Å². The van der Waals surface area contributed by atoms with E-state index in [0.717, 1.165) is 42.0 Å². The summed E-state index contributed by atoms with van der Waals surface area (Å²) in [4.78, 5) is 4.26. The first-order valence-corrected chi connectivity index (χ1v) is 6.91. The molecule has 0 N–H and O–H groups in total. The van der Waals surface area contributed by atoms with Crippen LogP contribution in [0.2, 0.25) is 0 Å². The molecule has 0 aromatic carbocycles. The van der Waals surface area contributed by atoms with Gasteiger partial charge in [-0.05, 0) is 28.9 Å². The first-order chi connectivity index (χ1) is 8.25. The second kappa shape index (κ2) is 7.67. The molecule has 96 valence electrons. The Kier molecular flexibility index (Phi) is 6.52. The normalized spacial score (nSPS) is 16.0. The molecular formula is C13H20BrNO2. The summed E-state index contributed by atoms with van der Waals surface area (Å²) < 4.78 is 12.1. The Hall–Kier alpha value is -0.610. The minimum atomic E-state index is 0.256. The fourth-order valence-electron chi connectivity index (χ4n) is 1.60. The molecule has 1 aliphatic heterocycles.